The van der Waals surface area contributed by atoms with E-state index in [1.165, 1.54) is 17.0 Å². The highest BCUT2D eigenvalue weighted by Crippen LogP contribution is 2.20. The second kappa shape index (κ2) is 6.78. The van der Waals surface area contributed by atoms with Gasteiger partial charge in [-0.1, -0.05) is 12.8 Å². The molecule has 4 nitrogen and oxygen atoms in total. The Hall–Kier alpha value is -1.51. The van der Waals surface area contributed by atoms with Crippen LogP contribution in [0.5, 0.6) is 0 Å². The van der Waals surface area contributed by atoms with Gasteiger partial charge in [0.05, 0.1) is 11.4 Å². The Morgan fingerprint density at radius 1 is 1.40 bits per heavy atom. The van der Waals surface area contributed by atoms with E-state index >= 15 is 0 Å². The number of rotatable bonds is 5. The predicted octanol–water partition coefficient (Wildman–Crippen LogP) is 2.41. The molecular weight excluding hydrogens is 298 g/mol. The van der Waals surface area contributed by atoms with E-state index in [1.807, 2.05) is 6.92 Å². The van der Waals surface area contributed by atoms with Crippen LogP contribution in [0.4, 0.5) is 0 Å². The minimum absolute atomic E-state index is 0.0836. The topological polar surface area (TPSA) is 54.5 Å². The monoisotopic (exact) mass is 313 g/mol. The number of nitrogens with zero attached hydrogens (tertiary/aromatic N) is 1. The molecule has 1 aromatic carbocycles. The van der Waals surface area contributed by atoms with Crippen LogP contribution in [0.1, 0.15) is 29.3 Å². The zero-order chi connectivity index (χ0) is 15.3. The Morgan fingerprint density at radius 2 is 2.05 bits per heavy atom. The summed E-state index contributed by atoms with van der Waals surface area (Å²) in [6.45, 7) is 4.33. The molecule has 0 heterocycles. The maximum atomic E-state index is 12.3. The van der Waals surface area contributed by atoms with Crippen LogP contribution in [-0.2, 0) is 9.05 Å². The largest absolute Gasteiger partial charge is 0.328 e. The maximum absolute atomic E-state index is 12.3. The normalized spacial score (nSPS) is 10.9. The third-order valence-corrected chi connectivity index (χ3v) is 3.98. The van der Waals surface area contributed by atoms with Gasteiger partial charge >= 0.3 is 0 Å². The molecule has 0 aromatic heterocycles. The van der Waals surface area contributed by atoms with E-state index in [1.54, 1.807) is 13.0 Å². The summed E-state index contributed by atoms with van der Waals surface area (Å²) in [5, 5.41) is 0. The lowest BCUT2D eigenvalue weighted by Crippen LogP contribution is -2.32. The smallest absolute Gasteiger partial charge is 0.261 e. The van der Waals surface area contributed by atoms with E-state index in [2.05, 4.69) is 5.92 Å². The van der Waals surface area contributed by atoms with Crippen LogP contribution in [0.3, 0.4) is 0 Å². The Labute approximate surface area is 124 Å². The fraction of sp³-hybridized carbons (Fsp3) is 0.357. The van der Waals surface area contributed by atoms with Crippen LogP contribution in [0, 0.1) is 19.3 Å². The highest BCUT2D eigenvalue weighted by molar-refractivity contribution is 8.13. The number of hydrogen-bond donors (Lipinski definition) is 0. The van der Waals surface area contributed by atoms with Crippen molar-refractivity contribution in [1.82, 2.24) is 4.90 Å². The molecule has 0 aliphatic rings. The summed E-state index contributed by atoms with van der Waals surface area (Å²) in [5.74, 6) is 2.13. The molecule has 0 fully saturated rings. The van der Waals surface area contributed by atoms with E-state index in [0.29, 0.717) is 12.1 Å². The third-order valence-electron chi connectivity index (χ3n) is 2.64. The SMILES string of the molecule is C#CCN(CCC)C(=O)c1cc(C)cc(S(=O)(=O)Cl)c1. The van der Waals surface area contributed by atoms with E-state index in [0.717, 1.165) is 6.42 Å². The van der Waals surface area contributed by atoms with Crippen molar-refractivity contribution in [2.75, 3.05) is 13.1 Å². The van der Waals surface area contributed by atoms with Crippen molar-refractivity contribution in [2.45, 2.75) is 25.2 Å². The van der Waals surface area contributed by atoms with Crippen LogP contribution < -0.4 is 0 Å². The maximum Gasteiger partial charge on any atom is 0.261 e. The Morgan fingerprint density at radius 3 is 2.55 bits per heavy atom. The molecule has 0 bridgehead atoms. The van der Waals surface area contributed by atoms with Crippen LogP contribution >= 0.6 is 10.7 Å². The van der Waals surface area contributed by atoms with Crippen molar-refractivity contribution in [3.8, 4) is 12.3 Å². The number of halogens is 1. The number of amides is 1. The lowest BCUT2D eigenvalue weighted by Gasteiger charge is -2.20. The molecule has 0 spiro atoms. The van der Waals surface area contributed by atoms with Crippen molar-refractivity contribution in [3.05, 3.63) is 29.3 Å². The minimum atomic E-state index is -3.87. The van der Waals surface area contributed by atoms with Gasteiger partial charge in [-0.3, -0.25) is 4.79 Å². The van der Waals surface area contributed by atoms with E-state index < -0.39 is 9.05 Å². The van der Waals surface area contributed by atoms with Crippen LogP contribution in [-0.4, -0.2) is 32.3 Å². The first-order valence-electron chi connectivity index (χ1n) is 6.08. The molecule has 20 heavy (non-hydrogen) atoms. The predicted molar refractivity (Wildman–Crippen MR) is 79.2 cm³/mol. The summed E-state index contributed by atoms with van der Waals surface area (Å²) < 4.78 is 22.8. The van der Waals surface area contributed by atoms with Gasteiger partial charge in [-0.2, -0.15) is 0 Å². The summed E-state index contributed by atoms with van der Waals surface area (Å²) in [6, 6.07) is 4.31. The average molecular weight is 314 g/mol. The zero-order valence-electron chi connectivity index (χ0n) is 11.4. The second-order valence-corrected chi connectivity index (χ2v) is 6.97. The van der Waals surface area contributed by atoms with E-state index in [9.17, 15) is 13.2 Å². The fourth-order valence-corrected chi connectivity index (χ4v) is 2.69. The Balaban J connectivity index is 3.22. The standard InChI is InChI=1S/C14H16ClNO3S/c1-4-6-16(7-5-2)14(17)12-8-11(3)9-13(10-12)20(15,18)19/h1,8-10H,5-7H2,2-3H3. The molecule has 6 heteroatoms. The summed E-state index contributed by atoms with van der Waals surface area (Å²) in [7, 11) is 1.45. The molecule has 0 saturated carbocycles. The third kappa shape index (κ3) is 4.26. The van der Waals surface area contributed by atoms with Gasteiger partial charge in [0.1, 0.15) is 0 Å². The lowest BCUT2D eigenvalue weighted by atomic mass is 10.1. The summed E-state index contributed by atoms with van der Waals surface area (Å²) in [5.41, 5.74) is 0.917. The lowest BCUT2D eigenvalue weighted by molar-refractivity contribution is 0.0776. The Kier molecular flexibility index (Phi) is 5.61. The second-order valence-electron chi connectivity index (χ2n) is 4.40. The average Bonchev–Trinajstić information content (AvgIpc) is 2.36. The fourth-order valence-electron chi connectivity index (χ4n) is 1.83. The molecule has 0 aliphatic heterocycles. The van der Waals surface area contributed by atoms with Gasteiger partial charge in [0.25, 0.3) is 15.0 Å². The summed E-state index contributed by atoms with van der Waals surface area (Å²) >= 11 is 0. The zero-order valence-corrected chi connectivity index (χ0v) is 13.0. The first kappa shape index (κ1) is 16.5. The van der Waals surface area contributed by atoms with Crippen LogP contribution in [0.15, 0.2) is 23.1 Å². The molecule has 0 unspecified atom stereocenters. The molecule has 0 radical (unpaired) electrons. The number of aryl methyl sites for hydroxylation is 1. The molecule has 0 saturated heterocycles. The first-order chi connectivity index (χ1) is 9.29. The van der Waals surface area contributed by atoms with Gasteiger partial charge in [-0.15, -0.1) is 6.42 Å². The van der Waals surface area contributed by atoms with Crippen molar-refractivity contribution in [3.63, 3.8) is 0 Å². The van der Waals surface area contributed by atoms with Gasteiger partial charge in [-0.25, -0.2) is 8.42 Å². The van der Waals surface area contributed by atoms with Crippen molar-refractivity contribution >= 4 is 25.6 Å². The van der Waals surface area contributed by atoms with Crippen molar-refractivity contribution < 1.29 is 13.2 Å². The first-order valence-corrected chi connectivity index (χ1v) is 8.39. The summed E-state index contributed by atoms with van der Waals surface area (Å²) in [4.78, 5) is 13.8. The number of carbonyl (C=O) groups excluding carboxylic acids is 1. The van der Waals surface area contributed by atoms with E-state index in [-0.39, 0.29) is 22.9 Å². The number of benzene rings is 1. The Bertz CT molecular complexity index is 647. The quantitative estimate of drug-likeness (QED) is 0.619. The molecule has 1 amide bonds. The number of hydrogen-bond acceptors (Lipinski definition) is 3. The van der Waals surface area contributed by atoms with E-state index in [4.69, 9.17) is 17.1 Å². The highest BCUT2D eigenvalue weighted by Gasteiger charge is 2.18. The highest BCUT2D eigenvalue weighted by atomic mass is 35.7. The van der Waals surface area contributed by atoms with Crippen molar-refractivity contribution in [2.24, 2.45) is 0 Å². The van der Waals surface area contributed by atoms with Gasteiger partial charge in [0, 0.05) is 22.8 Å². The minimum Gasteiger partial charge on any atom is -0.328 e. The molecule has 1 rings (SSSR count). The molecule has 0 atom stereocenters. The van der Waals surface area contributed by atoms with Crippen LogP contribution in [0.2, 0.25) is 0 Å². The molecule has 0 N–H and O–H groups in total. The summed E-state index contributed by atoms with van der Waals surface area (Å²) in [6.07, 6.45) is 6.01. The van der Waals surface area contributed by atoms with Gasteiger partial charge in [-0.05, 0) is 37.1 Å². The van der Waals surface area contributed by atoms with Gasteiger partial charge < -0.3 is 4.90 Å². The molecule has 1 aromatic rings. The van der Waals surface area contributed by atoms with Gasteiger partial charge in [0.15, 0.2) is 0 Å². The van der Waals surface area contributed by atoms with Crippen molar-refractivity contribution in [1.29, 1.82) is 0 Å². The number of carbonyl (C=O) groups is 1. The molecule has 0 aliphatic carbocycles. The van der Waals surface area contributed by atoms with Gasteiger partial charge in [0.2, 0.25) is 0 Å². The number of terminal acetylenes is 1. The molecular formula is C14H16ClNO3S. The molecule has 108 valence electrons. The van der Waals surface area contributed by atoms with Crippen LogP contribution in [0.25, 0.3) is 0 Å².